The summed E-state index contributed by atoms with van der Waals surface area (Å²) in [5.41, 5.74) is 4.93. The topological polar surface area (TPSA) is 30.2 Å². The van der Waals surface area contributed by atoms with Crippen molar-refractivity contribution in [3.05, 3.63) is 101 Å². The largest absolute Gasteiger partial charge is 1.00 e. The number of allylic oxidation sites excluding steroid dienone is 1. The molecule has 2 aromatic carbocycles. The van der Waals surface area contributed by atoms with E-state index in [4.69, 9.17) is 4.74 Å². The SMILES string of the molecule is COc1ccc2c(c1)C(=O)C(=Cc1ccc[n+](Cc3ccccc3)c1)C2.[Br-]. The van der Waals surface area contributed by atoms with Crippen LogP contribution < -0.4 is 26.3 Å². The van der Waals surface area contributed by atoms with E-state index < -0.39 is 0 Å². The summed E-state index contributed by atoms with van der Waals surface area (Å²) in [4.78, 5) is 12.7. The molecular weight excluding hydrogens is 402 g/mol. The summed E-state index contributed by atoms with van der Waals surface area (Å²) in [6.45, 7) is 0.809. The Balaban J connectivity index is 0.00000210. The predicted molar refractivity (Wildman–Crippen MR) is 101 cm³/mol. The first-order chi connectivity index (χ1) is 12.7. The van der Waals surface area contributed by atoms with E-state index >= 15 is 0 Å². The van der Waals surface area contributed by atoms with Gasteiger partial charge in [-0.1, -0.05) is 36.4 Å². The maximum absolute atomic E-state index is 12.7. The van der Waals surface area contributed by atoms with E-state index in [0.717, 1.165) is 34.6 Å². The van der Waals surface area contributed by atoms with E-state index in [1.165, 1.54) is 5.56 Å². The van der Waals surface area contributed by atoms with E-state index in [2.05, 4.69) is 22.9 Å². The minimum absolute atomic E-state index is 0. The van der Waals surface area contributed by atoms with Crippen LogP contribution in [0.15, 0.2) is 78.6 Å². The average Bonchev–Trinajstić information content (AvgIpc) is 2.98. The Labute approximate surface area is 169 Å². The molecule has 0 aliphatic heterocycles. The third-order valence-electron chi connectivity index (χ3n) is 4.66. The van der Waals surface area contributed by atoms with E-state index in [9.17, 15) is 4.79 Å². The van der Waals surface area contributed by atoms with Crippen molar-refractivity contribution in [1.29, 1.82) is 0 Å². The molecule has 4 heteroatoms. The molecule has 0 saturated carbocycles. The summed E-state index contributed by atoms with van der Waals surface area (Å²) < 4.78 is 7.37. The first kappa shape index (κ1) is 19.1. The van der Waals surface area contributed by atoms with Crippen LogP contribution in [0.3, 0.4) is 0 Å². The van der Waals surface area contributed by atoms with Gasteiger partial charge in [-0.05, 0) is 29.8 Å². The van der Waals surface area contributed by atoms with Crippen LogP contribution in [-0.2, 0) is 13.0 Å². The fourth-order valence-electron chi connectivity index (χ4n) is 3.34. The number of Topliss-reactive ketones (excluding diaryl/α,β-unsaturated/α-hetero) is 1. The summed E-state index contributed by atoms with van der Waals surface area (Å²) in [5, 5.41) is 0. The highest BCUT2D eigenvalue weighted by molar-refractivity contribution is 6.15. The molecule has 1 heterocycles. The van der Waals surface area contributed by atoms with Gasteiger partial charge in [-0.25, -0.2) is 4.57 Å². The molecule has 0 saturated heterocycles. The first-order valence-electron chi connectivity index (χ1n) is 8.68. The lowest BCUT2D eigenvalue weighted by atomic mass is 10.1. The Hall–Kier alpha value is -2.72. The molecule has 1 aromatic heterocycles. The summed E-state index contributed by atoms with van der Waals surface area (Å²) in [6.07, 6.45) is 6.80. The highest BCUT2D eigenvalue weighted by Crippen LogP contribution is 2.30. The van der Waals surface area contributed by atoms with Gasteiger partial charge in [0.2, 0.25) is 0 Å². The van der Waals surface area contributed by atoms with Gasteiger partial charge >= 0.3 is 0 Å². The van der Waals surface area contributed by atoms with Crippen LogP contribution in [0.4, 0.5) is 0 Å². The Kier molecular flexibility index (Phi) is 5.87. The van der Waals surface area contributed by atoms with Crippen LogP contribution in [-0.4, -0.2) is 12.9 Å². The molecule has 0 spiro atoms. The summed E-state index contributed by atoms with van der Waals surface area (Å²) >= 11 is 0. The lowest BCUT2D eigenvalue weighted by Gasteiger charge is -2.01. The minimum Gasteiger partial charge on any atom is -1.00 e. The van der Waals surface area contributed by atoms with Crippen LogP contribution in [0, 0.1) is 0 Å². The van der Waals surface area contributed by atoms with Crippen molar-refractivity contribution in [1.82, 2.24) is 0 Å². The normalized spacial score (nSPS) is 14.0. The number of hydrogen-bond donors (Lipinski definition) is 0. The fourth-order valence-corrected chi connectivity index (χ4v) is 3.34. The number of rotatable bonds is 4. The van der Waals surface area contributed by atoms with Gasteiger partial charge in [0, 0.05) is 34.8 Å². The van der Waals surface area contributed by atoms with Crippen molar-refractivity contribution in [3.63, 3.8) is 0 Å². The van der Waals surface area contributed by atoms with Crippen molar-refractivity contribution >= 4 is 11.9 Å². The van der Waals surface area contributed by atoms with Gasteiger partial charge in [0.25, 0.3) is 0 Å². The molecule has 3 nitrogen and oxygen atoms in total. The molecular formula is C23H20BrNO2. The molecule has 0 amide bonds. The zero-order valence-corrected chi connectivity index (χ0v) is 16.6. The zero-order valence-electron chi connectivity index (χ0n) is 15.1. The van der Waals surface area contributed by atoms with Crippen molar-refractivity contribution in [2.24, 2.45) is 0 Å². The minimum atomic E-state index is 0. The number of nitrogens with zero attached hydrogens (tertiary/aromatic N) is 1. The van der Waals surface area contributed by atoms with E-state index in [1.807, 2.05) is 60.8 Å². The van der Waals surface area contributed by atoms with Gasteiger partial charge in [0.05, 0.1) is 7.11 Å². The summed E-state index contributed by atoms with van der Waals surface area (Å²) in [5.74, 6) is 0.816. The molecule has 0 N–H and O–H groups in total. The first-order valence-corrected chi connectivity index (χ1v) is 8.68. The Morgan fingerprint density at radius 1 is 1.07 bits per heavy atom. The Morgan fingerprint density at radius 2 is 1.89 bits per heavy atom. The van der Waals surface area contributed by atoms with Crippen molar-refractivity contribution in [2.75, 3.05) is 7.11 Å². The fraction of sp³-hybridized carbons (Fsp3) is 0.130. The van der Waals surface area contributed by atoms with E-state index in [1.54, 1.807) is 7.11 Å². The third-order valence-corrected chi connectivity index (χ3v) is 4.66. The quantitative estimate of drug-likeness (QED) is 0.461. The highest BCUT2D eigenvalue weighted by Gasteiger charge is 2.25. The molecule has 4 rings (SSSR count). The van der Waals surface area contributed by atoms with Gasteiger partial charge < -0.3 is 21.7 Å². The molecule has 1 aliphatic rings. The monoisotopic (exact) mass is 421 g/mol. The van der Waals surface area contributed by atoms with Crippen LogP contribution in [0.5, 0.6) is 5.75 Å². The number of halogens is 1. The van der Waals surface area contributed by atoms with Gasteiger partial charge in [0.15, 0.2) is 24.7 Å². The van der Waals surface area contributed by atoms with Crippen LogP contribution in [0.2, 0.25) is 0 Å². The van der Waals surface area contributed by atoms with Crippen LogP contribution >= 0.6 is 0 Å². The van der Waals surface area contributed by atoms with Crippen molar-refractivity contribution in [3.8, 4) is 5.75 Å². The average molecular weight is 422 g/mol. The number of carbonyl (C=O) groups is 1. The number of benzene rings is 2. The van der Waals surface area contributed by atoms with Crippen molar-refractivity contribution in [2.45, 2.75) is 13.0 Å². The number of hydrogen-bond acceptors (Lipinski definition) is 2. The molecule has 3 aromatic rings. The number of ether oxygens (including phenoxy) is 1. The molecule has 0 radical (unpaired) electrons. The number of pyridine rings is 1. The molecule has 0 bridgehead atoms. The molecule has 0 unspecified atom stereocenters. The van der Waals surface area contributed by atoms with E-state index in [-0.39, 0.29) is 22.8 Å². The lowest BCUT2D eigenvalue weighted by molar-refractivity contribution is -0.688. The molecule has 136 valence electrons. The third kappa shape index (κ3) is 4.17. The van der Waals surface area contributed by atoms with Gasteiger partial charge in [-0.15, -0.1) is 0 Å². The second kappa shape index (κ2) is 8.31. The lowest BCUT2D eigenvalue weighted by Crippen LogP contribution is -3.00. The molecule has 0 fully saturated rings. The van der Waals surface area contributed by atoms with E-state index in [0.29, 0.717) is 6.42 Å². The van der Waals surface area contributed by atoms with Gasteiger partial charge in [-0.3, -0.25) is 4.79 Å². The number of fused-ring (bicyclic) bond motifs is 1. The number of ketones is 1. The summed E-state index contributed by atoms with van der Waals surface area (Å²) in [6, 6.07) is 20.1. The number of methoxy groups -OCH3 is 1. The maximum atomic E-state index is 12.7. The number of aromatic nitrogens is 1. The zero-order chi connectivity index (χ0) is 17.9. The highest BCUT2D eigenvalue weighted by atomic mass is 79.9. The van der Waals surface area contributed by atoms with Crippen LogP contribution in [0.25, 0.3) is 6.08 Å². The maximum Gasteiger partial charge on any atom is 0.189 e. The summed E-state index contributed by atoms with van der Waals surface area (Å²) in [7, 11) is 1.62. The Bertz CT molecular complexity index is 996. The standard InChI is InChI=1S/C23H20NO2.BrH/c1-26-21-10-9-19-13-20(23(25)22(19)14-21)12-18-8-5-11-24(16-18)15-17-6-3-2-4-7-17;/h2-12,14,16H,13,15H2,1H3;1H/q+1;/p-1. The van der Waals surface area contributed by atoms with Gasteiger partial charge in [0.1, 0.15) is 5.75 Å². The smallest absolute Gasteiger partial charge is 0.189 e. The second-order valence-corrected chi connectivity index (χ2v) is 6.49. The second-order valence-electron chi connectivity index (χ2n) is 6.49. The molecule has 1 aliphatic carbocycles. The number of carbonyl (C=O) groups excluding carboxylic acids is 1. The molecule has 0 atom stereocenters. The predicted octanol–water partition coefficient (Wildman–Crippen LogP) is 0.857. The molecule has 27 heavy (non-hydrogen) atoms. The van der Waals surface area contributed by atoms with Crippen LogP contribution in [0.1, 0.15) is 27.0 Å². The van der Waals surface area contributed by atoms with Crippen molar-refractivity contribution < 1.29 is 31.1 Å². The van der Waals surface area contributed by atoms with Gasteiger partial charge in [-0.2, -0.15) is 0 Å². The Morgan fingerprint density at radius 3 is 2.67 bits per heavy atom.